The average Bonchev–Trinajstić information content (AvgIpc) is 3.27. The molecule has 0 radical (unpaired) electrons. The van der Waals surface area contributed by atoms with E-state index in [1.165, 1.54) is 6.33 Å². The summed E-state index contributed by atoms with van der Waals surface area (Å²) in [4.78, 5) is 11.8. The van der Waals surface area contributed by atoms with Crippen LogP contribution in [-0.2, 0) is 11.8 Å². The highest BCUT2D eigenvalue weighted by Crippen LogP contribution is 2.51. The quantitative estimate of drug-likeness (QED) is 0.495. The van der Waals surface area contributed by atoms with Crippen LogP contribution in [0.1, 0.15) is 42.5 Å². The molecular weight excluding hydrogens is 459 g/mol. The molecule has 3 aromatic rings. The third-order valence-electron chi connectivity index (χ3n) is 7.60. The number of rotatable bonds is 5. The van der Waals surface area contributed by atoms with E-state index in [1.807, 2.05) is 0 Å². The van der Waals surface area contributed by atoms with E-state index in [0.29, 0.717) is 10.9 Å². The Hall–Kier alpha value is -2.86. The maximum Gasteiger partial charge on any atom is 0.393 e. The van der Waals surface area contributed by atoms with Crippen molar-refractivity contribution in [1.29, 1.82) is 5.26 Å². The number of hydrogen-bond acceptors (Lipinski definition) is 6. The Bertz CT molecular complexity index is 1270. The Morgan fingerprint density at radius 3 is 2.59 bits per heavy atom. The number of anilines is 2. The Balaban J connectivity index is 1.10. The molecule has 176 valence electrons. The van der Waals surface area contributed by atoms with Crippen molar-refractivity contribution in [3.8, 4) is 6.07 Å². The van der Waals surface area contributed by atoms with Crippen molar-refractivity contribution < 1.29 is 13.2 Å². The third kappa shape index (κ3) is 3.88. The molecule has 1 spiro atoms. The Morgan fingerprint density at radius 1 is 1.15 bits per heavy atom. The molecule has 1 aromatic carbocycles. The molecule has 1 saturated heterocycles. The molecule has 1 N–H and O–H groups in total. The molecule has 5 nitrogen and oxygen atoms in total. The van der Waals surface area contributed by atoms with Gasteiger partial charge in [0.15, 0.2) is 0 Å². The molecule has 2 saturated carbocycles. The molecule has 3 aliphatic rings. The summed E-state index contributed by atoms with van der Waals surface area (Å²) in [6.45, 7) is 1.72. The van der Waals surface area contributed by atoms with E-state index in [0.717, 1.165) is 79.0 Å². The highest BCUT2D eigenvalue weighted by atomic mass is 32.1. The van der Waals surface area contributed by atoms with Gasteiger partial charge in [0.05, 0.1) is 23.3 Å². The smallest absolute Gasteiger partial charge is 0.382 e. The lowest BCUT2D eigenvalue weighted by molar-refractivity contribution is -0.126. The van der Waals surface area contributed by atoms with Gasteiger partial charge in [0.2, 0.25) is 0 Å². The van der Waals surface area contributed by atoms with Crippen molar-refractivity contribution >= 4 is 33.1 Å². The van der Waals surface area contributed by atoms with Crippen LogP contribution in [0.3, 0.4) is 0 Å². The van der Waals surface area contributed by atoms with Crippen molar-refractivity contribution in [1.82, 2.24) is 9.97 Å². The van der Waals surface area contributed by atoms with Crippen molar-refractivity contribution in [2.75, 3.05) is 23.3 Å². The minimum Gasteiger partial charge on any atom is -0.382 e. The second-order valence-corrected chi connectivity index (χ2v) is 11.2. The highest BCUT2D eigenvalue weighted by Gasteiger charge is 2.49. The number of hydrogen-bond donors (Lipinski definition) is 1. The van der Waals surface area contributed by atoms with Gasteiger partial charge in [-0.1, -0.05) is 12.1 Å². The van der Waals surface area contributed by atoms with Crippen LogP contribution in [0.25, 0.3) is 10.2 Å². The van der Waals surface area contributed by atoms with Crippen LogP contribution in [-0.4, -0.2) is 35.3 Å². The summed E-state index contributed by atoms with van der Waals surface area (Å²) < 4.78 is 38.6. The molecule has 2 aromatic heterocycles. The normalized spacial score (nSPS) is 25.4. The minimum absolute atomic E-state index is 0.221. The summed E-state index contributed by atoms with van der Waals surface area (Å²) in [6, 6.07) is 12.7. The fourth-order valence-corrected chi connectivity index (χ4v) is 6.70. The lowest BCUT2D eigenvalue weighted by Crippen LogP contribution is -2.46. The molecule has 9 heteroatoms. The van der Waals surface area contributed by atoms with Crippen LogP contribution in [0.2, 0.25) is 0 Å². The number of nitriles is 1. The maximum atomic E-state index is 12.9. The SMILES string of the molecule is N#CC1(c2ccc(NC3CC4(CCN(c5ncnc6sc(CC(F)(F)F)cc56)C4)C3)cc2)CC1. The monoisotopic (exact) mass is 483 g/mol. The van der Waals surface area contributed by atoms with Crippen LogP contribution in [0.15, 0.2) is 36.7 Å². The maximum absolute atomic E-state index is 12.9. The van der Waals surface area contributed by atoms with Crippen LogP contribution in [0.5, 0.6) is 0 Å². The Kier molecular flexibility index (Phi) is 4.82. The fourth-order valence-electron chi connectivity index (χ4n) is 5.68. The summed E-state index contributed by atoms with van der Waals surface area (Å²) in [7, 11) is 0. The molecule has 0 amide bonds. The number of aromatic nitrogens is 2. The summed E-state index contributed by atoms with van der Waals surface area (Å²) in [6.07, 6.45) is 1.38. The van der Waals surface area contributed by atoms with Crippen molar-refractivity contribution in [3.63, 3.8) is 0 Å². The zero-order valence-corrected chi connectivity index (χ0v) is 19.3. The molecular formula is C25H24F3N5S. The number of nitrogens with zero attached hydrogens (tertiary/aromatic N) is 4. The molecule has 0 bridgehead atoms. The lowest BCUT2D eigenvalue weighted by atomic mass is 9.65. The fraction of sp³-hybridized carbons (Fsp3) is 0.480. The van der Waals surface area contributed by atoms with Gasteiger partial charge in [0.25, 0.3) is 0 Å². The van der Waals surface area contributed by atoms with E-state index >= 15 is 0 Å². The second kappa shape index (κ2) is 7.57. The zero-order chi connectivity index (χ0) is 23.6. The Labute approximate surface area is 199 Å². The molecule has 1 aliphatic heterocycles. The van der Waals surface area contributed by atoms with Crippen LogP contribution in [0, 0.1) is 16.7 Å². The van der Waals surface area contributed by atoms with Crippen molar-refractivity contribution in [2.24, 2.45) is 5.41 Å². The van der Waals surface area contributed by atoms with Crippen LogP contribution in [0.4, 0.5) is 24.7 Å². The molecule has 34 heavy (non-hydrogen) atoms. The second-order valence-electron chi connectivity index (χ2n) is 10.1. The van der Waals surface area contributed by atoms with Gasteiger partial charge in [-0.25, -0.2) is 9.97 Å². The third-order valence-corrected chi connectivity index (χ3v) is 8.65. The van der Waals surface area contributed by atoms with Gasteiger partial charge in [-0.05, 0) is 61.3 Å². The van der Waals surface area contributed by atoms with Crippen molar-refractivity contribution in [3.05, 3.63) is 47.1 Å². The van der Waals surface area contributed by atoms with E-state index in [4.69, 9.17) is 0 Å². The molecule has 3 heterocycles. The van der Waals surface area contributed by atoms with E-state index < -0.39 is 12.6 Å². The molecule has 6 rings (SSSR count). The highest BCUT2D eigenvalue weighted by molar-refractivity contribution is 7.18. The van der Waals surface area contributed by atoms with Crippen molar-refractivity contribution in [2.45, 2.75) is 56.2 Å². The van der Waals surface area contributed by atoms with Gasteiger partial charge in [-0.2, -0.15) is 18.4 Å². The predicted molar refractivity (Wildman–Crippen MR) is 126 cm³/mol. The summed E-state index contributed by atoms with van der Waals surface area (Å²) in [5.41, 5.74) is 2.16. The van der Waals surface area contributed by atoms with Gasteiger partial charge in [-0.3, -0.25) is 0 Å². The number of halogens is 3. The topological polar surface area (TPSA) is 64.8 Å². The van der Waals surface area contributed by atoms with Gasteiger partial charge in [-0.15, -0.1) is 11.3 Å². The van der Waals surface area contributed by atoms with Gasteiger partial charge in [0.1, 0.15) is 17.0 Å². The standard InChI is InChI=1S/C25H24F3N5S/c26-25(27,28)12-19-9-20-21(30-15-31-22(20)34-19)33-8-7-23(14-33)10-18(11-23)32-17-3-1-16(2-4-17)24(13-29)5-6-24/h1-4,9,15,18,32H,5-8,10-12,14H2. The number of alkyl halides is 3. The predicted octanol–water partition coefficient (Wildman–Crippen LogP) is 5.82. The van der Waals surface area contributed by atoms with E-state index in [2.05, 4.69) is 50.5 Å². The molecule has 2 aliphatic carbocycles. The van der Waals surface area contributed by atoms with Gasteiger partial charge < -0.3 is 10.2 Å². The lowest BCUT2D eigenvalue weighted by Gasteiger charge is -2.46. The van der Waals surface area contributed by atoms with E-state index in [9.17, 15) is 18.4 Å². The number of benzene rings is 1. The number of fused-ring (bicyclic) bond motifs is 1. The molecule has 0 atom stereocenters. The number of nitrogens with one attached hydrogen (secondary N) is 1. The van der Waals surface area contributed by atoms with E-state index in [1.54, 1.807) is 6.07 Å². The van der Waals surface area contributed by atoms with E-state index in [-0.39, 0.29) is 15.7 Å². The molecule has 3 fully saturated rings. The van der Waals surface area contributed by atoms with Crippen LogP contribution >= 0.6 is 11.3 Å². The first kappa shape index (κ1) is 21.7. The first-order valence-corrected chi connectivity index (χ1v) is 12.4. The largest absolute Gasteiger partial charge is 0.393 e. The first-order chi connectivity index (χ1) is 16.3. The summed E-state index contributed by atoms with van der Waals surface area (Å²) in [5.74, 6) is 0.755. The number of thiophene rings is 1. The average molecular weight is 484 g/mol. The minimum atomic E-state index is -4.23. The zero-order valence-electron chi connectivity index (χ0n) is 18.5. The van der Waals surface area contributed by atoms with Crippen LogP contribution < -0.4 is 10.2 Å². The summed E-state index contributed by atoms with van der Waals surface area (Å²) >= 11 is 1.10. The summed E-state index contributed by atoms with van der Waals surface area (Å²) in [5, 5.41) is 13.7. The van der Waals surface area contributed by atoms with Gasteiger partial charge in [0, 0.05) is 29.7 Å². The van der Waals surface area contributed by atoms with Gasteiger partial charge >= 0.3 is 6.18 Å². The molecule has 0 unspecified atom stereocenters. The Morgan fingerprint density at radius 2 is 1.91 bits per heavy atom. The first-order valence-electron chi connectivity index (χ1n) is 11.6.